The van der Waals surface area contributed by atoms with E-state index in [0.717, 1.165) is 23.4 Å². The van der Waals surface area contributed by atoms with Crippen molar-refractivity contribution in [2.45, 2.75) is 25.6 Å². The molecule has 2 N–H and O–H groups in total. The van der Waals surface area contributed by atoms with Crippen LogP contribution < -0.4 is 15.5 Å². The van der Waals surface area contributed by atoms with Crippen molar-refractivity contribution in [2.24, 2.45) is 0 Å². The van der Waals surface area contributed by atoms with Gasteiger partial charge in [-0.15, -0.1) is 0 Å². The summed E-state index contributed by atoms with van der Waals surface area (Å²) >= 11 is 0. The van der Waals surface area contributed by atoms with Crippen molar-refractivity contribution in [3.05, 3.63) is 59.7 Å². The zero-order valence-electron chi connectivity index (χ0n) is 14.5. The van der Waals surface area contributed by atoms with E-state index in [9.17, 15) is 22.8 Å². The highest BCUT2D eigenvalue weighted by Gasteiger charge is 2.35. The monoisotopic (exact) mass is 377 g/mol. The summed E-state index contributed by atoms with van der Waals surface area (Å²) in [5.74, 6) is -0.293. The molecule has 3 amide bonds. The van der Waals surface area contributed by atoms with Crippen molar-refractivity contribution < 1.29 is 22.8 Å². The molecular formula is C19H18F3N3O2. The minimum atomic E-state index is -4.59. The van der Waals surface area contributed by atoms with Crippen LogP contribution in [0.3, 0.4) is 0 Å². The van der Waals surface area contributed by atoms with Gasteiger partial charge >= 0.3 is 12.2 Å². The zero-order chi connectivity index (χ0) is 19.6. The first-order valence-electron chi connectivity index (χ1n) is 8.37. The van der Waals surface area contributed by atoms with Gasteiger partial charge in [0.2, 0.25) is 5.91 Å². The van der Waals surface area contributed by atoms with Gasteiger partial charge in [-0.1, -0.05) is 29.8 Å². The highest BCUT2D eigenvalue weighted by Crippen LogP contribution is 2.34. The number of benzene rings is 2. The van der Waals surface area contributed by atoms with Crippen molar-refractivity contribution >= 4 is 23.3 Å². The second-order valence-electron chi connectivity index (χ2n) is 6.31. The van der Waals surface area contributed by atoms with Crippen molar-refractivity contribution in [1.29, 1.82) is 0 Å². The molecule has 0 bridgehead atoms. The molecular weight excluding hydrogens is 359 g/mol. The Bertz CT molecular complexity index is 850. The van der Waals surface area contributed by atoms with Crippen LogP contribution in [0.2, 0.25) is 0 Å². The average molecular weight is 377 g/mol. The molecule has 1 aliphatic rings. The standard InChI is InChI=1S/C19H18F3N3O2/c1-12-6-8-13(9-7-12)25-11-10-16(17(25)26)24-18(27)23-15-5-3-2-4-14(15)19(20,21)22/h2-9,16H,10-11H2,1H3,(H2,23,24,27). The first-order valence-corrected chi connectivity index (χ1v) is 8.37. The lowest BCUT2D eigenvalue weighted by atomic mass is 10.1. The Hall–Kier alpha value is -3.03. The first-order chi connectivity index (χ1) is 12.8. The summed E-state index contributed by atoms with van der Waals surface area (Å²) in [6.45, 7) is 2.36. The summed E-state index contributed by atoms with van der Waals surface area (Å²) in [7, 11) is 0. The molecule has 1 unspecified atom stereocenters. The lowest BCUT2D eigenvalue weighted by molar-refractivity contribution is -0.137. The Kier molecular flexibility index (Phi) is 5.07. The van der Waals surface area contributed by atoms with Gasteiger partial charge in [-0.25, -0.2) is 4.79 Å². The number of aryl methyl sites for hydroxylation is 1. The fraction of sp³-hybridized carbons (Fsp3) is 0.263. The quantitative estimate of drug-likeness (QED) is 0.851. The third kappa shape index (κ3) is 4.21. The normalized spacial score (nSPS) is 17.1. The van der Waals surface area contributed by atoms with Crippen LogP contribution in [0.1, 0.15) is 17.5 Å². The lowest BCUT2D eigenvalue weighted by Crippen LogP contribution is -2.43. The number of carbonyl (C=O) groups is 2. The number of rotatable bonds is 3. The molecule has 0 radical (unpaired) electrons. The molecule has 2 aromatic rings. The van der Waals surface area contributed by atoms with Crippen LogP contribution in [0.4, 0.5) is 29.3 Å². The number of carbonyl (C=O) groups excluding carboxylic acids is 2. The molecule has 0 saturated carbocycles. The van der Waals surface area contributed by atoms with E-state index in [1.54, 1.807) is 4.90 Å². The fourth-order valence-electron chi connectivity index (χ4n) is 2.95. The van der Waals surface area contributed by atoms with Crippen molar-refractivity contribution in [2.75, 3.05) is 16.8 Å². The van der Waals surface area contributed by atoms with Crippen LogP contribution >= 0.6 is 0 Å². The van der Waals surface area contributed by atoms with E-state index in [0.29, 0.717) is 13.0 Å². The number of anilines is 2. The smallest absolute Gasteiger partial charge is 0.326 e. The Morgan fingerprint density at radius 3 is 2.44 bits per heavy atom. The molecule has 1 heterocycles. The number of amides is 3. The Balaban J connectivity index is 1.66. The highest BCUT2D eigenvalue weighted by atomic mass is 19.4. The number of halogens is 3. The first kappa shape index (κ1) is 18.8. The maximum absolute atomic E-state index is 13.0. The van der Waals surface area contributed by atoms with Crippen molar-refractivity contribution in [3.63, 3.8) is 0 Å². The number of nitrogens with one attached hydrogen (secondary N) is 2. The number of hydrogen-bond donors (Lipinski definition) is 2. The van der Waals surface area contributed by atoms with Crippen LogP contribution in [-0.4, -0.2) is 24.5 Å². The molecule has 3 rings (SSSR count). The molecule has 142 valence electrons. The van der Waals surface area contributed by atoms with Gasteiger partial charge in [0.05, 0.1) is 11.3 Å². The van der Waals surface area contributed by atoms with E-state index in [-0.39, 0.29) is 11.6 Å². The van der Waals surface area contributed by atoms with Crippen molar-refractivity contribution in [3.8, 4) is 0 Å². The second kappa shape index (κ2) is 7.30. The third-order valence-corrected chi connectivity index (χ3v) is 4.34. The summed E-state index contributed by atoms with van der Waals surface area (Å²) in [6, 6.07) is 10.4. The van der Waals surface area contributed by atoms with Crippen LogP contribution in [0.25, 0.3) is 0 Å². The summed E-state index contributed by atoms with van der Waals surface area (Å²) < 4.78 is 39.0. The molecule has 0 spiro atoms. The highest BCUT2D eigenvalue weighted by molar-refractivity contribution is 6.02. The van der Waals surface area contributed by atoms with Gasteiger partial charge in [-0.2, -0.15) is 13.2 Å². The van der Waals surface area contributed by atoms with E-state index in [1.165, 1.54) is 12.1 Å². The van der Waals surface area contributed by atoms with Gasteiger partial charge in [0.25, 0.3) is 0 Å². The predicted octanol–water partition coefficient (Wildman–Crippen LogP) is 3.94. The van der Waals surface area contributed by atoms with Crippen molar-refractivity contribution in [1.82, 2.24) is 5.32 Å². The molecule has 1 aliphatic heterocycles. The van der Waals surface area contributed by atoms with E-state index >= 15 is 0 Å². The Labute approximate surface area is 154 Å². The third-order valence-electron chi connectivity index (χ3n) is 4.34. The lowest BCUT2D eigenvalue weighted by Gasteiger charge is -2.18. The van der Waals surface area contributed by atoms with Crippen LogP contribution in [0, 0.1) is 6.92 Å². The maximum Gasteiger partial charge on any atom is 0.418 e. The van der Waals surface area contributed by atoms with Crippen LogP contribution in [0.5, 0.6) is 0 Å². The van der Waals surface area contributed by atoms with E-state index in [4.69, 9.17) is 0 Å². The van der Waals surface area contributed by atoms with Gasteiger partial charge in [0, 0.05) is 12.2 Å². The fourth-order valence-corrected chi connectivity index (χ4v) is 2.95. The van der Waals surface area contributed by atoms with Crippen LogP contribution in [-0.2, 0) is 11.0 Å². The molecule has 27 heavy (non-hydrogen) atoms. The van der Waals surface area contributed by atoms with Gasteiger partial charge in [0.15, 0.2) is 0 Å². The molecule has 0 aromatic heterocycles. The number of nitrogens with zero attached hydrogens (tertiary/aromatic N) is 1. The molecule has 1 atom stereocenters. The zero-order valence-corrected chi connectivity index (χ0v) is 14.5. The van der Waals surface area contributed by atoms with Crippen LogP contribution in [0.15, 0.2) is 48.5 Å². The van der Waals surface area contributed by atoms with Gasteiger partial charge in [-0.05, 0) is 37.6 Å². The van der Waals surface area contributed by atoms with E-state index < -0.39 is 23.8 Å². The van der Waals surface area contributed by atoms with E-state index in [2.05, 4.69) is 10.6 Å². The molecule has 1 fully saturated rings. The van der Waals surface area contributed by atoms with Gasteiger partial charge < -0.3 is 15.5 Å². The summed E-state index contributed by atoms with van der Waals surface area (Å²) in [5, 5.41) is 4.64. The van der Waals surface area contributed by atoms with E-state index in [1.807, 2.05) is 31.2 Å². The molecule has 1 saturated heterocycles. The Morgan fingerprint density at radius 2 is 1.78 bits per heavy atom. The number of alkyl halides is 3. The molecule has 0 aliphatic carbocycles. The maximum atomic E-state index is 13.0. The van der Waals surface area contributed by atoms with Gasteiger partial charge in [-0.3, -0.25) is 4.79 Å². The molecule has 2 aromatic carbocycles. The van der Waals surface area contributed by atoms with Gasteiger partial charge in [0.1, 0.15) is 6.04 Å². The molecule has 5 nitrogen and oxygen atoms in total. The summed E-state index contributed by atoms with van der Waals surface area (Å²) in [5.41, 5.74) is 0.475. The minimum absolute atomic E-state index is 0.293. The average Bonchev–Trinajstić information content (AvgIpc) is 2.96. The predicted molar refractivity (Wildman–Crippen MR) is 95.5 cm³/mol. The summed E-state index contributed by atoms with van der Waals surface area (Å²) in [4.78, 5) is 26.2. The Morgan fingerprint density at radius 1 is 1.11 bits per heavy atom. The number of para-hydroxylation sites is 1. The topological polar surface area (TPSA) is 61.4 Å². The number of urea groups is 1. The number of hydrogen-bond acceptors (Lipinski definition) is 2. The SMILES string of the molecule is Cc1ccc(N2CCC(NC(=O)Nc3ccccc3C(F)(F)F)C2=O)cc1. The summed E-state index contributed by atoms with van der Waals surface area (Å²) in [6.07, 6.45) is -4.21. The second-order valence-corrected chi connectivity index (χ2v) is 6.31. The minimum Gasteiger partial charge on any atom is -0.326 e. The largest absolute Gasteiger partial charge is 0.418 e. The molecule has 8 heteroatoms.